The van der Waals surface area contributed by atoms with E-state index in [-0.39, 0.29) is 0 Å². The molecule has 0 spiro atoms. The van der Waals surface area contributed by atoms with Crippen molar-refractivity contribution < 1.29 is 4.74 Å². The van der Waals surface area contributed by atoms with Gasteiger partial charge in [0.15, 0.2) is 0 Å². The zero-order valence-corrected chi connectivity index (χ0v) is 9.17. The number of hydrogen-bond acceptors (Lipinski definition) is 1. The zero-order valence-electron chi connectivity index (χ0n) is 9.17. The molecule has 16 heavy (non-hydrogen) atoms. The Morgan fingerprint density at radius 1 is 1.12 bits per heavy atom. The molecule has 0 unspecified atom stereocenters. The second-order valence-electron chi connectivity index (χ2n) is 3.62. The fourth-order valence-electron chi connectivity index (χ4n) is 1.48. The summed E-state index contributed by atoms with van der Waals surface area (Å²) in [4.78, 5) is 0. The van der Waals surface area contributed by atoms with Gasteiger partial charge in [0, 0.05) is 12.4 Å². The molecule has 1 aromatic heterocycles. The molecular weight excluding hydrogens is 198 g/mol. The Labute approximate surface area is 95.8 Å². The maximum absolute atomic E-state index is 5.57. The molecule has 0 radical (unpaired) electrons. The second kappa shape index (κ2) is 5.33. The van der Waals surface area contributed by atoms with Gasteiger partial charge in [-0.05, 0) is 23.3 Å². The van der Waals surface area contributed by atoms with Crippen molar-refractivity contribution in [2.24, 2.45) is 0 Å². The number of nitrogens with zero attached hydrogens (tertiary/aromatic N) is 1. The van der Waals surface area contributed by atoms with Crippen LogP contribution in [0.2, 0.25) is 0 Å². The number of aromatic nitrogens is 1. The molecule has 1 heterocycles. The number of rotatable bonds is 5. The van der Waals surface area contributed by atoms with E-state index in [0.717, 1.165) is 5.56 Å². The van der Waals surface area contributed by atoms with Crippen molar-refractivity contribution in [3.8, 4) is 0 Å². The summed E-state index contributed by atoms with van der Waals surface area (Å²) in [5.74, 6) is 0. The molecule has 0 fully saturated rings. The highest BCUT2D eigenvalue weighted by molar-refractivity contribution is 5.47. The molecule has 0 atom stereocenters. The summed E-state index contributed by atoms with van der Waals surface area (Å²) in [6.45, 7) is 4.95. The fraction of sp³-hybridized carbons (Fsp3) is 0.143. The van der Waals surface area contributed by atoms with Crippen molar-refractivity contribution in [1.29, 1.82) is 0 Å². The summed E-state index contributed by atoms with van der Waals surface area (Å²) in [6.07, 6.45) is 5.81. The van der Waals surface area contributed by atoms with E-state index in [0.29, 0.717) is 13.3 Å². The molecule has 0 amide bonds. The van der Waals surface area contributed by atoms with Crippen LogP contribution in [0, 0.1) is 0 Å². The van der Waals surface area contributed by atoms with E-state index in [2.05, 4.69) is 18.7 Å². The lowest BCUT2D eigenvalue weighted by atomic mass is 10.1. The molecule has 0 N–H and O–H groups in total. The van der Waals surface area contributed by atoms with Crippen LogP contribution in [0.15, 0.2) is 55.4 Å². The van der Waals surface area contributed by atoms with Gasteiger partial charge in [-0.15, -0.1) is 0 Å². The molecule has 2 nitrogen and oxygen atoms in total. The van der Waals surface area contributed by atoms with Crippen molar-refractivity contribution in [2.45, 2.75) is 13.3 Å². The summed E-state index contributed by atoms with van der Waals surface area (Å²) >= 11 is 0. The minimum Gasteiger partial charge on any atom is -0.356 e. The van der Waals surface area contributed by atoms with Crippen molar-refractivity contribution in [1.82, 2.24) is 4.57 Å². The lowest BCUT2D eigenvalue weighted by Crippen LogP contribution is -1.99. The van der Waals surface area contributed by atoms with Crippen LogP contribution < -0.4 is 0 Å². The summed E-state index contributed by atoms with van der Waals surface area (Å²) in [6, 6.07) is 12.2. The molecule has 1 aromatic carbocycles. The second-order valence-corrected chi connectivity index (χ2v) is 3.62. The summed E-state index contributed by atoms with van der Waals surface area (Å²) in [7, 11) is 0. The Bertz CT molecular complexity index is 428. The van der Waals surface area contributed by atoms with E-state index >= 15 is 0 Å². The maximum Gasteiger partial charge on any atom is 0.122 e. The van der Waals surface area contributed by atoms with Gasteiger partial charge in [0.1, 0.15) is 6.73 Å². The highest BCUT2D eigenvalue weighted by Gasteiger charge is 1.93. The average Bonchev–Trinajstić information content (AvgIpc) is 2.83. The van der Waals surface area contributed by atoms with E-state index in [9.17, 15) is 0 Å². The molecule has 0 aliphatic heterocycles. The van der Waals surface area contributed by atoms with Crippen LogP contribution >= 0.6 is 0 Å². The number of ether oxygens (including phenoxy) is 1. The first-order chi connectivity index (χ1) is 7.88. The topological polar surface area (TPSA) is 14.2 Å². The van der Waals surface area contributed by atoms with E-state index in [1.807, 2.05) is 47.3 Å². The molecule has 0 aliphatic rings. The largest absolute Gasteiger partial charge is 0.356 e. The van der Waals surface area contributed by atoms with Crippen LogP contribution in [0.25, 0.3) is 6.08 Å². The molecule has 0 saturated heterocycles. The first-order valence-electron chi connectivity index (χ1n) is 5.28. The lowest BCUT2D eigenvalue weighted by molar-refractivity contribution is 0.0642. The van der Waals surface area contributed by atoms with Gasteiger partial charge >= 0.3 is 0 Å². The van der Waals surface area contributed by atoms with Crippen LogP contribution in [-0.2, 0) is 18.1 Å². The zero-order chi connectivity index (χ0) is 11.2. The van der Waals surface area contributed by atoms with Gasteiger partial charge in [0.2, 0.25) is 0 Å². The van der Waals surface area contributed by atoms with Gasteiger partial charge < -0.3 is 9.30 Å². The molecule has 82 valence electrons. The SMILES string of the molecule is C=Cc1ccc(COCn2cccc2)cc1. The van der Waals surface area contributed by atoms with Gasteiger partial charge in [0.25, 0.3) is 0 Å². The monoisotopic (exact) mass is 213 g/mol. The highest BCUT2D eigenvalue weighted by atomic mass is 16.5. The quantitative estimate of drug-likeness (QED) is 0.743. The third-order valence-electron chi connectivity index (χ3n) is 2.39. The summed E-state index contributed by atoms with van der Waals surface area (Å²) in [5.41, 5.74) is 2.31. The van der Waals surface area contributed by atoms with Crippen LogP contribution in [0.4, 0.5) is 0 Å². The molecular formula is C14H15NO. The molecule has 2 aromatic rings. The van der Waals surface area contributed by atoms with Crippen LogP contribution in [-0.4, -0.2) is 4.57 Å². The molecule has 2 rings (SSSR count). The minimum absolute atomic E-state index is 0.593. The van der Waals surface area contributed by atoms with E-state index in [1.54, 1.807) is 0 Å². The lowest BCUT2D eigenvalue weighted by Gasteiger charge is -2.05. The Balaban J connectivity index is 1.83. The smallest absolute Gasteiger partial charge is 0.122 e. The summed E-state index contributed by atoms with van der Waals surface area (Å²) in [5, 5.41) is 0. The predicted molar refractivity (Wildman–Crippen MR) is 65.8 cm³/mol. The molecule has 2 heteroatoms. The van der Waals surface area contributed by atoms with Crippen molar-refractivity contribution >= 4 is 6.08 Å². The van der Waals surface area contributed by atoms with Gasteiger partial charge in [-0.1, -0.05) is 36.9 Å². The van der Waals surface area contributed by atoms with E-state index in [1.165, 1.54) is 5.56 Å². The van der Waals surface area contributed by atoms with Crippen LogP contribution in [0.1, 0.15) is 11.1 Å². The highest BCUT2D eigenvalue weighted by Crippen LogP contribution is 2.07. The van der Waals surface area contributed by atoms with E-state index < -0.39 is 0 Å². The molecule has 0 aliphatic carbocycles. The Kier molecular flexibility index (Phi) is 3.57. The maximum atomic E-state index is 5.57. The molecule has 0 saturated carbocycles. The van der Waals surface area contributed by atoms with Crippen LogP contribution in [0.5, 0.6) is 0 Å². The van der Waals surface area contributed by atoms with Crippen molar-refractivity contribution in [3.05, 3.63) is 66.5 Å². The first kappa shape index (κ1) is 10.7. The van der Waals surface area contributed by atoms with Gasteiger partial charge in [-0.25, -0.2) is 0 Å². The third-order valence-corrected chi connectivity index (χ3v) is 2.39. The van der Waals surface area contributed by atoms with Gasteiger partial charge in [-0.3, -0.25) is 0 Å². The Morgan fingerprint density at radius 3 is 2.44 bits per heavy atom. The predicted octanol–water partition coefficient (Wildman–Crippen LogP) is 3.31. The van der Waals surface area contributed by atoms with Gasteiger partial charge in [-0.2, -0.15) is 0 Å². The van der Waals surface area contributed by atoms with Crippen LogP contribution in [0.3, 0.4) is 0 Å². The normalized spacial score (nSPS) is 10.2. The van der Waals surface area contributed by atoms with E-state index in [4.69, 9.17) is 4.74 Å². The Morgan fingerprint density at radius 2 is 1.81 bits per heavy atom. The minimum atomic E-state index is 0.593. The fourth-order valence-corrected chi connectivity index (χ4v) is 1.48. The number of hydrogen-bond donors (Lipinski definition) is 0. The Hall–Kier alpha value is -1.80. The standard InChI is InChI=1S/C14H15NO/c1-2-13-5-7-14(8-6-13)11-16-12-15-9-3-4-10-15/h2-10H,1,11-12H2. The van der Waals surface area contributed by atoms with Gasteiger partial charge in [0.05, 0.1) is 6.61 Å². The van der Waals surface area contributed by atoms with Crippen molar-refractivity contribution in [3.63, 3.8) is 0 Å². The number of benzene rings is 1. The third kappa shape index (κ3) is 2.84. The summed E-state index contributed by atoms with van der Waals surface area (Å²) < 4.78 is 7.57. The average molecular weight is 213 g/mol. The van der Waals surface area contributed by atoms with Crippen molar-refractivity contribution in [2.75, 3.05) is 0 Å². The molecule has 0 bridgehead atoms. The first-order valence-corrected chi connectivity index (χ1v) is 5.28.